The molecule has 0 bridgehead atoms. The summed E-state index contributed by atoms with van der Waals surface area (Å²) in [4.78, 5) is 14.3. The first-order valence-corrected chi connectivity index (χ1v) is 3.66. The highest BCUT2D eigenvalue weighted by atomic mass is 16.4. The van der Waals surface area contributed by atoms with Crippen LogP contribution < -0.4 is 5.32 Å². The first kappa shape index (κ1) is 8.52. The van der Waals surface area contributed by atoms with Crippen molar-refractivity contribution in [2.24, 2.45) is 0 Å². The molecule has 1 aromatic heterocycles. The van der Waals surface area contributed by atoms with Gasteiger partial charge in [-0.25, -0.2) is 4.79 Å². The number of nitrogens with zero attached hydrogens (tertiary/aromatic N) is 1. The Bertz CT molecular complexity index is 286. The number of rotatable bonds is 3. The summed E-state index contributed by atoms with van der Waals surface area (Å²) in [6, 6.07) is 1.55. The molecular weight excluding hydrogens is 156 g/mol. The van der Waals surface area contributed by atoms with E-state index in [0.717, 1.165) is 12.2 Å². The lowest BCUT2D eigenvalue weighted by molar-refractivity contribution is 0.0696. The summed E-state index contributed by atoms with van der Waals surface area (Å²) in [5, 5.41) is 11.6. The van der Waals surface area contributed by atoms with Crippen LogP contribution in [0.5, 0.6) is 0 Å². The molecule has 0 aromatic carbocycles. The molecule has 0 amide bonds. The molecule has 0 atom stereocenters. The smallest absolute Gasteiger partial charge is 0.337 e. The van der Waals surface area contributed by atoms with E-state index >= 15 is 0 Å². The van der Waals surface area contributed by atoms with Crippen molar-refractivity contribution in [1.29, 1.82) is 0 Å². The van der Waals surface area contributed by atoms with Gasteiger partial charge in [-0.1, -0.05) is 0 Å². The molecule has 4 heteroatoms. The predicted molar refractivity (Wildman–Crippen MR) is 45.4 cm³/mol. The molecule has 0 aliphatic rings. The van der Waals surface area contributed by atoms with E-state index in [0.29, 0.717) is 0 Å². The summed E-state index contributed by atoms with van der Waals surface area (Å²) >= 11 is 0. The Kier molecular flexibility index (Phi) is 2.63. The van der Waals surface area contributed by atoms with Crippen LogP contribution in [-0.2, 0) is 0 Å². The third-order valence-electron chi connectivity index (χ3n) is 1.37. The van der Waals surface area contributed by atoms with Crippen LogP contribution in [0, 0.1) is 0 Å². The van der Waals surface area contributed by atoms with Crippen LogP contribution in [0.25, 0.3) is 0 Å². The first-order chi connectivity index (χ1) is 5.74. The van der Waals surface area contributed by atoms with E-state index in [2.05, 4.69) is 10.3 Å². The van der Waals surface area contributed by atoms with Crippen LogP contribution in [0.4, 0.5) is 5.69 Å². The molecule has 0 radical (unpaired) electrons. The molecule has 64 valence electrons. The lowest BCUT2D eigenvalue weighted by atomic mass is 10.2. The van der Waals surface area contributed by atoms with E-state index in [4.69, 9.17) is 5.11 Å². The summed E-state index contributed by atoms with van der Waals surface area (Å²) in [7, 11) is 0. The van der Waals surface area contributed by atoms with Crippen molar-refractivity contribution >= 4 is 11.7 Å². The molecule has 0 unspecified atom stereocenters. The maximum Gasteiger partial charge on any atom is 0.337 e. The molecule has 1 aromatic rings. The Morgan fingerprint density at radius 2 is 2.42 bits per heavy atom. The van der Waals surface area contributed by atoms with E-state index in [1.54, 1.807) is 12.3 Å². The summed E-state index contributed by atoms with van der Waals surface area (Å²) < 4.78 is 0. The van der Waals surface area contributed by atoms with E-state index in [1.807, 2.05) is 6.92 Å². The second-order valence-corrected chi connectivity index (χ2v) is 2.30. The summed E-state index contributed by atoms with van der Waals surface area (Å²) in [5.41, 5.74) is 0.936. The predicted octanol–water partition coefficient (Wildman–Crippen LogP) is 1.21. The van der Waals surface area contributed by atoms with Crippen LogP contribution in [-0.4, -0.2) is 22.6 Å². The highest BCUT2D eigenvalue weighted by molar-refractivity contribution is 5.88. The van der Waals surface area contributed by atoms with Gasteiger partial charge in [0.05, 0.1) is 11.3 Å². The van der Waals surface area contributed by atoms with Crippen molar-refractivity contribution in [1.82, 2.24) is 4.98 Å². The minimum atomic E-state index is -0.956. The zero-order chi connectivity index (χ0) is 8.97. The standard InChI is InChI=1S/C8H10N2O2/c1-2-10-7-3-6(8(11)12)4-9-5-7/h3-5,10H,2H2,1H3,(H,11,12). The van der Waals surface area contributed by atoms with Gasteiger partial charge in [0.1, 0.15) is 0 Å². The molecule has 1 rings (SSSR count). The van der Waals surface area contributed by atoms with Gasteiger partial charge in [-0.15, -0.1) is 0 Å². The largest absolute Gasteiger partial charge is 0.478 e. The molecule has 2 N–H and O–H groups in total. The monoisotopic (exact) mass is 166 g/mol. The number of aromatic nitrogens is 1. The second-order valence-electron chi connectivity index (χ2n) is 2.30. The van der Waals surface area contributed by atoms with Crippen molar-refractivity contribution in [2.75, 3.05) is 11.9 Å². The highest BCUT2D eigenvalue weighted by Crippen LogP contribution is 2.07. The molecule has 0 saturated heterocycles. The Balaban J connectivity index is 2.88. The number of hydrogen-bond acceptors (Lipinski definition) is 3. The third kappa shape index (κ3) is 1.95. The SMILES string of the molecule is CCNc1cncc(C(=O)O)c1. The van der Waals surface area contributed by atoms with Crippen LogP contribution in [0.15, 0.2) is 18.5 Å². The number of hydrogen-bond donors (Lipinski definition) is 2. The zero-order valence-corrected chi connectivity index (χ0v) is 6.74. The second kappa shape index (κ2) is 3.71. The molecule has 0 saturated carbocycles. The number of pyridine rings is 1. The van der Waals surface area contributed by atoms with Crippen molar-refractivity contribution in [3.05, 3.63) is 24.0 Å². The van der Waals surface area contributed by atoms with Gasteiger partial charge in [0.2, 0.25) is 0 Å². The minimum absolute atomic E-state index is 0.202. The number of aromatic carboxylic acids is 1. The Hall–Kier alpha value is -1.58. The fourth-order valence-electron chi connectivity index (χ4n) is 0.858. The van der Waals surface area contributed by atoms with E-state index in [9.17, 15) is 4.79 Å². The van der Waals surface area contributed by atoms with Crippen molar-refractivity contribution in [3.63, 3.8) is 0 Å². The Labute approximate surface area is 70.3 Å². The summed E-state index contributed by atoms with van der Waals surface area (Å²) in [6.07, 6.45) is 2.92. The molecule has 1 heterocycles. The molecule has 0 fully saturated rings. The van der Waals surface area contributed by atoms with E-state index in [1.165, 1.54) is 6.20 Å². The van der Waals surface area contributed by atoms with Gasteiger partial charge in [0, 0.05) is 18.9 Å². The van der Waals surface area contributed by atoms with Crippen LogP contribution in [0.3, 0.4) is 0 Å². The van der Waals surface area contributed by atoms with E-state index < -0.39 is 5.97 Å². The number of carboxylic acids is 1. The van der Waals surface area contributed by atoms with Gasteiger partial charge in [0.15, 0.2) is 0 Å². The minimum Gasteiger partial charge on any atom is -0.478 e. The summed E-state index contributed by atoms with van der Waals surface area (Å²) in [5.74, 6) is -0.956. The van der Waals surface area contributed by atoms with Gasteiger partial charge in [-0.3, -0.25) is 4.98 Å². The number of anilines is 1. The van der Waals surface area contributed by atoms with Gasteiger partial charge >= 0.3 is 5.97 Å². The molecule has 0 aliphatic carbocycles. The topological polar surface area (TPSA) is 62.2 Å². The third-order valence-corrected chi connectivity index (χ3v) is 1.37. The first-order valence-electron chi connectivity index (χ1n) is 3.66. The lowest BCUT2D eigenvalue weighted by Gasteiger charge is -2.01. The Morgan fingerprint density at radius 3 is 3.00 bits per heavy atom. The lowest BCUT2D eigenvalue weighted by Crippen LogP contribution is -2.01. The van der Waals surface area contributed by atoms with Crippen LogP contribution in [0.1, 0.15) is 17.3 Å². The normalized spacial score (nSPS) is 9.42. The average Bonchev–Trinajstić information content (AvgIpc) is 2.05. The summed E-state index contributed by atoms with van der Waals surface area (Å²) in [6.45, 7) is 2.69. The number of carboxylic acid groups (broad SMARTS) is 1. The van der Waals surface area contributed by atoms with Crippen molar-refractivity contribution in [2.45, 2.75) is 6.92 Å². The van der Waals surface area contributed by atoms with Gasteiger partial charge in [-0.05, 0) is 13.0 Å². The quantitative estimate of drug-likeness (QED) is 0.708. The van der Waals surface area contributed by atoms with Crippen molar-refractivity contribution in [3.8, 4) is 0 Å². The van der Waals surface area contributed by atoms with Gasteiger partial charge in [0.25, 0.3) is 0 Å². The van der Waals surface area contributed by atoms with E-state index in [-0.39, 0.29) is 5.56 Å². The number of nitrogens with one attached hydrogen (secondary N) is 1. The zero-order valence-electron chi connectivity index (χ0n) is 6.74. The van der Waals surface area contributed by atoms with Gasteiger partial charge < -0.3 is 10.4 Å². The van der Waals surface area contributed by atoms with Crippen LogP contribution >= 0.6 is 0 Å². The fourth-order valence-corrected chi connectivity index (χ4v) is 0.858. The molecule has 4 nitrogen and oxygen atoms in total. The fraction of sp³-hybridized carbons (Fsp3) is 0.250. The molecule has 0 spiro atoms. The number of carbonyl (C=O) groups is 1. The van der Waals surface area contributed by atoms with Crippen LogP contribution in [0.2, 0.25) is 0 Å². The maximum atomic E-state index is 10.5. The molecule has 0 aliphatic heterocycles. The highest BCUT2D eigenvalue weighted by Gasteiger charge is 2.02. The molecular formula is C8H10N2O2. The maximum absolute atomic E-state index is 10.5. The Morgan fingerprint density at radius 1 is 1.67 bits per heavy atom. The average molecular weight is 166 g/mol. The molecule has 12 heavy (non-hydrogen) atoms. The van der Waals surface area contributed by atoms with Gasteiger partial charge in [-0.2, -0.15) is 0 Å². The van der Waals surface area contributed by atoms with Crippen molar-refractivity contribution < 1.29 is 9.90 Å².